The van der Waals surface area contributed by atoms with Gasteiger partial charge < -0.3 is 24.6 Å². The lowest BCUT2D eigenvalue weighted by atomic mass is 9.88. The third-order valence-electron chi connectivity index (χ3n) is 7.16. The van der Waals surface area contributed by atoms with Crippen LogP contribution in [0.2, 0.25) is 0 Å². The summed E-state index contributed by atoms with van der Waals surface area (Å²) in [6.45, 7) is 0.301. The van der Waals surface area contributed by atoms with Crippen molar-refractivity contribution < 1.29 is 23.9 Å². The van der Waals surface area contributed by atoms with Crippen molar-refractivity contribution in [1.29, 1.82) is 0 Å². The number of hydrogen-bond acceptors (Lipinski definition) is 5. The summed E-state index contributed by atoms with van der Waals surface area (Å²) in [6.07, 6.45) is 6.53. The van der Waals surface area contributed by atoms with Crippen molar-refractivity contribution in [1.82, 2.24) is 9.80 Å². The van der Waals surface area contributed by atoms with Crippen molar-refractivity contribution in [2.75, 3.05) is 33.1 Å². The van der Waals surface area contributed by atoms with Gasteiger partial charge in [-0.1, -0.05) is 19.3 Å². The number of fused-ring (bicyclic) bond motifs is 2. The summed E-state index contributed by atoms with van der Waals surface area (Å²) >= 11 is 0. The molecule has 1 aromatic rings. The molecule has 1 N–H and O–H groups in total. The molecule has 8 heteroatoms. The first-order valence-corrected chi connectivity index (χ1v) is 12.0. The molecule has 0 radical (unpaired) electrons. The molecule has 1 aliphatic carbocycles. The standard InChI is InChI=1S/C25H35N3O5/c1-27(2)23(29)14-18-10-11-20-22(33-18)15-32-21-12-9-17(13-19(21)25(31)28(20)3)26-24(30)16-7-5-4-6-8-16/h9,12-13,16,18,20,22H,4-8,10-11,14-15H2,1-3H3,(H,26,30)/t18-,20+,22-/m1/s1. The predicted molar refractivity (Wildman–Crippen MR) is 124 cm³/mol. The molecule has 0 bridgehead atoms. The molecule has 0 spiro atoms. The minimum atomic E-state index is -0.300. The number of nitrogens with one attached hydrogen (secondary N) is 1. The molecule has 0 aromatic heterocycles. The van der Waals surface area contributed by atoms with Crippen molar-refractivity contribution in [2.24, 2.45) is 5.92 Å². The summed E-state index contributed by atoms with van der Waals surface area (Å²) in [5.74, 6) is 0.433. The molecule has 2 fully saturated rings. The van der Waals surface area contributed by atoms with Crippen LogP contribution in [0.4, 0.5) is 5.69 Å². The molecule has 33 heavy (non-hydrogen) atoms. The zero-order valence-electron chi connectivity index (χ0n) is 19.8. The van der Waals surface area contributed by atoms with Crippen molar-refractivity contribution in [3.63, 3.8) is 0 Å². The van der Waals surface area contributed by atoms with Gasteiger partial charge >= 0.3 is 0 Å². The fourth-order valence-electron chi connectivity index (χ4n) is 5.09. The number of nitrogens with zero attached hydrogens (tertiary/aromatic N) is 2. The van der Waals surface area contributed by atoms with E-state index in [0.29, 0.717) is 36.4 Å². The minimum Gasteiger partial charge on any atom is -0.490 e. The molecule has 1 saturated heterocycles. The highest BCUT2D eigenvalue weighted by atomic mass is 16.5. The summed E-state index contributed by atoms with van der Waals surface area (Å²) in [6, 6.07) is 5.12. The Morgan fingerprint density at radius 3 is 2.61 bits per heavy atom. The normalized spacial score (nSPS) is 25.7. The molecule has 180 valence electrons. The van der Waals surface area contributed by atoms with Crippen LogP contribution in [-0.4, -0.2) is 73.5 Å². The first kappa shape index (κ1) is 23.5. The van der Waals surface area contributed by atoms with Gasteiger partial charge in [-0.05, 0) is 43.9 Å². The van der Waals surface area contributed by atoms with Crippen molar-refractivity contribution in [2.45, 2.75) is 69.6 Å². The lowest BCUT2D eigenvalue weighted by Crippen LogP contribution is -2.53. The van der Waals surface area contributed by atoms with Gasteiger partial charge in [-0.3, -0.25) is 14.4 Å². The topological polar surface area (TPSA) is 88.2 Å². The van der Waals surface area contributed by atoms with Crippen LogP contribution in [0.15, 0.2) is 18.2 Å². The quantitative estimate of drug-likeness (QED) is 0.751. The Morgan fingerprint density at radius 1 is 1.12 bits per heavy atom. The number of benzene rings is 1. The number of likely N-dealkylation sites (N-methyl/N-ethyl adjacent to an activating group) is 1. The van der Waals surface area contributed by atoms with Gasteiger partial charge in [0.1, 0.15) is 18.5 Å². The molecule has 1 saturated carbocycles. The zero-order valence-corrected chi connectivity index (χ0v) is 19.8. The number of carbonyl (C=O) groups excluding carboxylic acids is 3. The lowest BCUT2D eigenvalue weighted by Gasteiger charge is -2.42. The molecular formula is C25H35N3O5. The maximum atomic E-state index is 13.3. The summed E-state index contributed by atoms with van der Waals surface area (Å²) in [7, 11) is 5.27. The number of amides is 3. The molecule has 1 aromatic carbocycles. The van der Waals surface area contributed by atoms with Crippen LogP contribution in [0, 0.1) is 5.92 Å². The van der Waals surface area contributed by atoms with Crippen LogP contribution >= 0.6 is 0 Å². The predicted octanol–water partition coefficient (Wildman–Crippen LogP) is 3.06. The zero-order chi connectivity index (χ0) is 23.5. The second-order valence-electron chi connectivity index (χ2n) is 9.70. The molecule has 8 nitrogen and oxygen atoms in total. The summed E-state index contributed by atoms with van der Waals surface area (Å²) in [5, 5.41) is 3.00. The van der Waals surface area contributed by atoms with Gasteiger partial charge in [-0.25, -0.2) is 0 Å². The molecule has 3 aliphatic rings. The average Bonchev–Trinajstić information content (AvgIpc) is 2.82. The fourth-order valence-corrected chi connectivity index (χ4v) is 5.09. The van der Waals surface area contributed by atoms with Gasteiger partial charge in [0.25, 0.3) is 5.91 Å². The number of hydrogen-bond donors (Lipinski definition) is 1. The van der Waals surface area contributed by atoms with Crippen molar-refractivity contribution >= 4 is 23.4 Å². The Morgan fingerprint density at radius 2 is 1.88 bits per heavy atom. The van der Waals surface area contributed by atoms with Crippen LogP contribution in [0.1, 0.15) is 61.7 Å². The molecule has 0 unspecified atom stereocenters. The number of anilines is 1. The summed E-state index contributed by atoms with van der Waals surface area (Å²) in [4.78, 5) is 41.4. The smallest absolute Gasteiger partial charge is 0.257 e. The van der Waals surface area contributed by atoms with Crippen LogP contribution in [0.3, 0.4) is 0 Å². The molecule has 4 rings (SSSR count). The van der Waals surface area contributed by atoms with Crippen molar-refractivity contribution in [3.05, 3.63) is 23.8 Å². The second kappa shape index (κ2) is 10.1. The van der Waals surface area contributed by atoms with E-state index in [-0.39, 0.29) is 41.9 Å². The van der Waals surface area contributed by atoms with Crippen LogP contribution < -0.4 is 10.1 Å². The Kier molecular flexibility index (Phi) is 7.22. The maximum Gasteiger partial charge on any atom is 0.257 e. The minimum absolute atomic E-state index is 0.0290. The third-order valence-corrected chi connectivity index (χ3v) is 7.16. The highest BCUT2D eigenvalue weighted by Crippen LogP contribution is 2.33. The van der Waals surface area contributed by atoms with Gasteiger partial charge in [0.15, 0.2) is 0 Å². The lowest BCUT2D eigenvalue weighted by molar-refractivity contribution is -0.140. The summed E-state index contributed by atoms with van der Waals surface area (Å²) < 4.78 is 12.2. The van der Waals surface area contributed by atoms with E-state index in [2.05, 4.69) is 5.32 Å². The number of carbonyl (C=O) groups is 3. The SMILES string of the molecule is CN(C)C(=O)C[C@H]1CC[C@H]2[C@@H](COc3ccc(NC(=O)C4CCCCC4)cc3C(=O)N2C)O1. The highest BCUT2D eigenvalue weighted by Gasteiger charge is 2.39. The second-order valence-corrected chi connectivity index (χ2v) is 9.70. The molecule has 2 heterocycles. The first-order valence-electron chi connectivity index (χ1n) is 12.0. The molecular weight excluding hydrogens is 422 g/mol. The maximum absolute atomic E-state index is 13.3. The van der Waals surface area contributed by atoms with E-state index in [0.717, 1.165) is 32.1 Å². The Hall–Kier alpha value is -2.61. The van der Waals surface area contributed by atoms with E-state index < -0.39 is 0 Å². The van der Waals surface area contributed by atoms with Gasteiger partial charge in [0, 0.05) is 32.7 Å². The van der Waals surface area contributed by atoms with Gasteiger partial charge in [-0.2, -0.15) is 0 Å². The van der Waals surface area contributed by atoms with E-state index in [1.165, 1.54) is 6.42 Å². The Bertz CT molecular complexity index is 896. The number of ether oxygens (including phenoxy) is 2. The van der Waals surface area contributed by atoms with Gasteiger partial charge in [0.2, 0.25) is 11.8 Å². The highest BCUT2D eigenvalue weighted by molar-refractivity contribution is 6.00. The fraction of sp³-hybridized carbons (Fsp3) is 0.640. The van der Waals surface area contributed by atoms with E-state index in [4.69, 9.17) is 9.47 Å². The van der Waals surface area contributed by atoms with Crippen LogP contribution in [0.25, 0.3) is 0 Å². The van der Waals surface area contributed by atoms with E-state index >= 15 is 0 Å². The third kappa shape index (κ3) is 5.32. The van der Waals surface area contributed by atoms with E-state index in [9.17, 15) is 14.4 Å². The van der Waals surface area contributed by atoms with Crippen molar-refractivity contribution in [3.8, 4) is 5.75 Å². The Balaban J connectivity index is 1.47. The average molecular weight is 458 g/mol. The van der Waals surface area contributed by atoms with E-state index in [1.54, 1.807) is 49.1 Å². The molecule has 3 amide bonds. The summed E-state index contributed by atoms with van der Waals surface area (Å²) in [5.41, 5.74) is 1.07. The van der Waals surface area contributed by atoms with Gasteiger partial charge in [-0.15, -0.1) is 0 Å². The van der Waals surface area contributed by atoms with Crippen LogP contribution in [-0.2, 0) is 14.3 Å². The van der Waals surface area contributed by atoms with Crippen LogP contribution in [0.5, 0.6) is 5.75 Å². The molecule has 3 atom stereocenters. The van der Waals surface area contributed by atoms with Gasteiger partial charge in [0.05, 0.1) is 24.1 Å². The monoisotopic (exact) mass is 457 g/mol. The number of rotatable bonds is 4. The van der Waals surface area contributed by atoms with E-state index in [1.807, 2.05) is 0 Å². The first-order chi connectivity index (χ1) is 15.8. The Labute approximate surface area is 195 Å². The molecule has 2 aliphatic heterocycles. The largest absolute Gasteiger partial charge is 0.490 e.